The van der Waals surface area contributed by atoms with Gasteiger partial charge in [0, 0.05) is 25.3 Å². The Morgan fingerprint density at radius 3 is 2.65 bits per heavy atom. The normalized spacial score (nSPS) is 10.3. The van der Waals surface area contributed by atoms with Crippen LogP contribution in [0.3, 0.4) is 0 Å². The van der Waals surface area contributed by atoms with Crippen molar-refractivity contribution in [1.82, 2.24) is 0 Å². The highest BCUT2D eigenvalue weighted by atomic mass is 16.6. The van der Waals surface area contributed by atoms with Gasteiger partial charge in [0.15, 0.2) is 0 Å². The molecule has 0 aliphatic heterocycles. The zero-order valence-electron chi connectivity index (χ0n) is 13.0. The highest BCUT2D eigenvalue weighted by Crippen LogP contribution is 2.29. The van der Waals surface area contributed by atoms with Crippen LogP contribution in [0, 0.1) is 10.1 Å². The fraction of sp³-hybridized carbons (Fsp3) is 0.294. The lowest BCUT2D eigenvalue weighted by molar-refractivity contribution is -0.384. The van der Waals surface area contributed by atoms with Gasteiger partial charge in [-0.05, 0) is 18.6 Å². The highest BCUT2D eigenvalue weighted by Gasteiger charge is 2.14. The molecule has 0 fully saturated rings. The minimum atomic E-state index is -0.413. The third-order valence-corrected chi connectivity index (χ3v) is 3.18. The number of rotatable bonds is 9. The van der Waals surface area contributed by atoms with E-state index in [0.29, 0.717) is 37.8 Å². The van der Waals surface area contributed by atoms with E-state index in [4.69, 9.17) is 9.47 Å². The quantitative estimate of drug-likeness (QED) is 0.434. The van der Waals surface area contributed by atoms with E-state index in [0.717, 1.165) is 5.56 Å². The third kappa shape index (κ3) is 5.27. The van der Waals surface area contributed by atoms with Crippen LogP contribution >= 0.6 is 0 Å². The van der Waals surface area contributed by atoms with Crippen LogP contribution in [0.5, 0.6) is 5.75 Å². The van der Waals surface area contributed by atoms with Crippen molar-refractivity contribution in [2.24, 2.45) is 0 Å². The number of hydrogen-bond donors (Lipinski definition) is 1. The summed E-state index contributed by atoms with van der Waals surface area (Å²) < 4.78 is 10.9. The molecule has 2 aromatic carbocycles. The average Bonchev–Trinajstić information content (AvgIpc) is 2.58. The van der Waals surface area contributed by atoms with Crippen LogP contribution in [0.2, 0.25) is 0 Å². The molecule has 0 aromatic heterocycles. The molecular weight excluding hydrogens is 296 g/mol. The lowest BCUT2D eigenvalue weighted by atomic mass is 10.2. The van der Waals surface area contributed by atoms with Crippen LogP contribution < -0.4 is 10.1 Å². The van der Waals surface area contributed by atoms with Crippen LogP contribution in [-0.4, -0.2) is 24.7 Å². The topological polar surface area (TPSA) is 73.6 Å². The first-order valence-electron chi connectivity index (χ1n) is 7.47. The molecule has 122 valence electrons. The number of ether oxygens (including phenoxy) is 2. The first-order chi connectivity index (χ1) is 11.2. The Hall–Kier alpha value is -2.60. The maximum Gasteiger partial charge on any atom is 0.292 e. The highest BCUT2D eigenvalue weighted by molar-refractivity contribution is 5.64. The number of hydrogen-bond acceptors (Lipinski definition) is 5. The molecule has 6 nitrogen and oxygen atoms in total. The van der Waals surface area contributed by atoms with Gasteiger partial charge in [-0.25, -0.2) is 0 Å². The molecule has 0 aliphatic carbocycles. The van der Waals surface area contributed by atoms with Gasteiger partial charge in [0.25, 0.3) is 5.69 Å². The maximum atomic E-state index is 11.1. The number of benzene rings is 2. The lowest BCUT2D eigenvalue weighted by Gasteiger charge is -2.10. The molecule has 0 saturated heterocycles. The minimum Gasteiger partial charge on any atom is -0.489 e. The van der Waals surface area contributed by atoms with Crippen molar-refractivity contribution < 1.29 is 14.4 Å². The predicted molar refractivity (Wildman–Crippen MR) is 88.9 cm³/mol. The Balaban J connectivity index is 2.04. The van der Waals surface area contributed by atoms with Gasteiger partial charge in [-0.2, -0.15) is 0 Å². The number of nitrogens with zero attached hydrogens (tertiary/aromatic N) is 1. The second-order valence-corrected chi connectivity index (χ2v) is 4.83. The molecule has 23 heavy (non-hydrogen) atoms. The summed E-state index contributed by atoms with van der Waals surface area (Å²) in [5, 5.41) is 14.1. The number of nitro benzene ring substituents is 1. The summed E-state index contributed by atoms with van der Waals surface area (Å²) in [6.07, 6.45) is 0. The van der Waals surface area contributed by atoms with E-state index in [1.807, 2.05) is 37.3 Å². The number of nitrogens with one attached hydrogen (secondary N) is 1. The zero-order valence-corrected chi connectivity index (χ0v) is 13.0. The molecular formula is C17H20N2O4. The third-order valence-electron chi connectivity index (χ3n) is 3.18. The van der Waals surface area contributed by atoms with Crippen molar-refractivity contribution in [3.05, 3.63) is 64.2 Å². The summed E-state index contributed by atoms with van der Waals surface area (Å²) in [5.74, 6) is 0.582. The molecule has 0 radical (unpaired) electrons. The summed E-state index contributed by atoms with van der Waals surface area (Å²) in [4.78, 5) is 10.7. The van der Waals surface area contributed by atoms with Crippen molar-refractivity contribution in [1.29, 1.82) is 0 Å². The van der Waals surface area contributed by atoms with Crippen molar-refractivity contribution in [3.63, 3.8) is 0 Å². The van der Waals surface area contributed by atoms with E-state index in [9.17, 15) is 10.1 Å². The van der Waals surface area contributed by atoms with Crippen molar-refractivity contribution in [2.75, 3.05) is 25.1 Å². The van der Waals surface area contributed by atoms with E-state index in [-0.39, 0.29) is 5.69 Å². The number of nitro groups is 1. The molecule has 2 aromatic rings. The smallest absolute Gasteiger partial charge is 0.292 e. The molecule has 2 rings (SSSR count). The van der Waals surface area contributed by atoms with Gasteiger partial charge in [0.05, 0.1) is 11.5 Å². The molecule has 0 aliphatic rings. The summed E-state index contributed by atoms with van der Waals surface area (Å²) in [5.41, 5.74) is 1.49. The molecule has 0 saturated carbocycles. The van der Waals surface area contributed by atoms with Gasteiger partial charge < -0.3 is 14.8 Å². The zero-order chi connectivity index (χ0) is 16.5. The van der Waals surface area contributed by atoms with Crippen molar-refractivity contribution in [3.8, 4) is 5.75 Å². The fourth-order valence-corrected chi connectivity index (χ4v) is 2.05. The maximum absolute atomic E-state index is 11.1. The Morgan fingerprint density at radius 1 is 1.17 bits per heavy atom. The van der Waals surface area contributed by atoms with Crippen LogP contribution in [0.25, 0.3) is 0 Å². The average molecular weight is 316 g/mol. The predicted octanol–water partition coefficient (Wildman–Crippen LogP) is 3.62. The van der Waals surface area contributed by atoms with Gasteiger partial charge in [-0.1, -0.05) is 30.3 Å². The van der Waals surface area contributed by atoms with Crippen molar-refractivity contribution >= 4 is 11.4 Å². The largest absolute Gasteiger partial charge is 0.489 e. The van der Waals surface area contributed by atoms with Crippen LogP contribution in [0.15, 0.2) is 48.5 Å². The molecule has 0 unspecified atom stereocenters. The molecule has 1 N–H and O–H groups in total. The molecule has 0 spiro atoms. The van der Waals surface area contributed by atoms with Crippen molar-refractivity contribution in [2.45, 2.75) is 13.5 Å². The second kappa shape index (κ2) is 8.75. The van der Waals surface area contributed by atoms with Gasteiger partial charge in [-0.15, -0.1) is 0 Å². The van der Waals surface area contributed by atoms with E-state index in [1.165, 1.54) is 6.07 Å². The molecule has 0 heterocycles. The van der Waals surface area contributed by atoms with Crippen LogP contribution in [-0.2, 0) is 11.3 Å². The van der Waals surface area contributed by atoms with Gasteiger partial charge >= 0.3 is 0 Å². The Labute approximate surface area is 135 Å². The van der Waals surface area contributed by atoms with Crippen LogP contribution in [0.4, 0.5) is 11.4 Å². The Bertz CT molecular complexity index is 632. The monoisotopic (exact) mass is 316 g/mol. The van der Waals surface area contributed by atoms with Gasteiger partial charge in [-0.3, -0.25) is 10.1 Å². The second-order valence-electron chi connectivity index (χ2n) is 4.83. The summed E-state index contributed by atoms with van der Waals surface area (Å²) in [6.45, 7) is 3.92. The van der Waals surface area contributed by atoms with Gasteiger partial charge in [0.2, 0.25) is 0 Å². The number of anilines is 1. The van der Waals surface area contributed by atoms with E-state index < -0.39 is 4.92 Å². The van der Waals surface area contributed by atoms with E-state index in [1.54, 1.807) is 12.1 Å². The SMILES string of the molecule is CCOCCNc1cc(OCc2ccccc2)ccc1[N+](=O)[O-]. The first-order valence-corrected chi connectivity index (χ1v) is 7.47. The minimum absolute atomic E-state index is 0.0218. The summed E-state index contributed by atoms with van der Waals surface area (Å²) in [7, 11) is 0. The fourth-order valence-electron chi connectivity index (χ4n) is 2.05. The summed E-state index contributed by atoms with van der Waals surface area (Å²) >= 11 is 0. The molecule has 0 atom stereocenters. The Morgan fingerprint density at radius 2 is 1.96 bits per heavy atom. The van der Waals surface area contributed by atoms with Gasteiger partial charge in [0.1, 0.15) is 18.0 Å². The first kappa shape index (κ1) is 16.8. The van der Waals surface area contributed by atoms with E-state index in [2.05, 4.69) is 5.32 Å². The van der Waals surface area contributed by atoms with E-state index >= 15 is 0 Å². The standard InChI is InChI=1S/C17H20N2O4/c1-2-22-11-10-18-16-12-15(8-9-17(16)19(20)21)23-13-14-6-4-3-5-7-14/h3-9,12,18H,2,10-11,13H2,1H3. The Kier molecular flexibility index (Phi) is 6.38. The summed E-state index contributed by atoms with van der Waals surface area (Å²) in [6, 6.07) is 14.4. The lowest BCUT2D eigenvalue weighted by Crippen LogP contribution is -2.10. The molecule has 6 heteroatoms. The molecule has 0 bridgehead atoms. The van der Waals surface area contributed by atoms with Crippen LogP contribution in [0.1, 0.15) is 12.5 Å². The molecule has 0 amide bonds.